The highest BCUT2D eigenvalue weighted by Gasteiger charge is 2.30. The van der Waals surface area contributed by atoms with Gasteiger partial charge in [-0.3, -0.25) is 9.88 Å². The highest BCUT2D eigenvalue weighted by atomic mass is 31.2. The molecular weight excluding hydrogens is 574 g/mol. The Morgan fingerprint density at radius 3 is 2.64 bits per heavy atom. The minimum absolute atomic E-state index is 0.119. The number of carbonyl (C=O) groups is 1. The molecule has 0 radical (unpaired) electrons. The topological polar surface area (TPSA) is 91.6 Å². The number of allylic oxidation sites excluding steroid dienone is 2. The van der Waals surface area contributed by atoms with E-state index in [0.717, 1.165) is 37.2 Å². The Balaban J connectivity index is 1.20. The van der Waals surface area contributed by atoms with Gasteiger partial charge in [-0.1, -0.05) is 30.3 Å². The van der Waals surface area contributed by atoms with Crippen LogP contribution in [0.25, 0.3) is 22.5 Å². The Kier molecular flexibility index (Phi) is 8.44. The quantitative estimate of drug-likeness (QED) is 0.198. The zero-order chi connectivity index (χ0) is 31.0. The molecule has 1 saturated carbocycles. The summed E-state index contributed by atoms with van der Waals surface area (Å²) < 4.78 is 29.5. The van der Waals surface area contributed by atoms with E-state index in [0.29, 0.717) is 48.0 Å². The summed E-state index contributed by atoms with van der Waals surface area (Å²) in [6.07, 6.45) is 5.71. The smallest absolute Gasteiger partial charge is 0.270 e. The van der Waals surface area contributed by atoms with Crippen molar-refractivity contribution in [3.05, 3.63) is 89.0 Å². The van der Waals surface area contributed by atoms with Crippen LogP contribution in [0.4, 0.5) is 10.1 Å². The van der Waals surface area contributed by atoms with Gasteiger partial charge in [0, 0.05) is 67.9 Å². The fraction of sp³-hybridized carbons (Fsp3) is 0.382. The molecule has 3 heterocycles. The van der Waals surface area contributed by atoms with Crippen molar-refractivity contribution in [3.8, 4) is 11.3 Å². The molecule has 1 amide bonds. The van der Waals surface area contributed by atoms with Crippen LogP contribution in [0.15, 0.2) is 60.7 Å². The Morgan fingerprint density at radius 2 is 1.91 bits per heavy atom. The standard InChI is InChI=1S/C34H40FN6O2P/c1-5-22(2)27-9-7-6-8-23(27)14-16-36-34(42)31-19-32(24-10-11-24)41-33(37-31)20-30(38-41)28-13-12-26(18-29(28)35)40-17-15-25(21-40)39-44(3,4)43/h5-9,12-13,18-20,24-25H,10-11,14-17,21H2,1-4H3,(H,36,42)(H,39,43)/b22-5-/t25-/m0/s1. The Bertz CT molecular complexity index is 1790. The summed E-state index contributed by atoms with van der Waals surface area (Å²) in [6.45, 7) is 9.52. The molecule has 44 heavy (non-hydrogen) atoms. The lowest BCUT2D eigenvalue weighted by atomic mass is 9.98. The normalized spacial score (nSPS) is 17.4. The number of rotatable bonds is 10. The monoisotopic (exact) mass is 614 g/mol. The third-order valence-corrected chi connectivity index (χ3v) is 9.50. The van der Waals surface area contributed by atoms with Gasteiger partial charge in [-0.25, -0.2) is 13.9 Å². The molecule has 2 aliphatic rings. The van der Waals surface area contributed by atoms with Gasteiger partial charge in [-0.05, 0) is 80.5 Å². The fourth-order valence-corrected chi connectivity index (χ4v) is 7.13. The average molecular weight is 615 g/mol. The van der Waals surface area contributed by atoms with Crippen LogP contribution in [0.1, 0.15) is 66.3 Å². The lowest BCUT2D eigenvalue weighted by Gasteiger charge is -2.20. The lowest BCUT2D eigenvalue weighted by molar-refractivity contribution is 0.0949. The zero-order valence-corrected chi connectivity index (χ0v) is 26.7. The van der Waals surface area contributed by atoms with E-state index in [1.807, 2.05) is 31.2 Å². The van der Waals surface area contributed by atoms with Gasteiger partial charge < -0.3 is 14.8 Å². The number of amides is 1. The average Bonchev–Trinajstić information content (AvgIpc) is 3.59. The van der Waals surface area contributed by atoms with Crippen molar-refractivity contribution in [1.82, 2.24) is 25.0 Å². The Hall–Kier alpha value is -3.81. The molecule has 1 aliphatic carbocycles. The molecule has 0 bridgehead atoms. The van der Waals surface area contributed by atoms with Gasteiger partial charge in [0.15, 0.2) is 5.65 Å². The van der Waals surface area contributed by atoms with Gasteiger partial charge in [0.25, 0.3) is 5.91 Å². The zero-order valence-electron chi connectivity index (χ0n) is 25.8. The number of anilines is 1. The molecule has 2 N–H and O–H groups in total. The van der Waals surface area contributed by atoms with Gasteiger partial charge in [0.05, 0.1) is 5.69 Å². The maximum Gasteiger partial charge on any atom is 0.270 e. The van der Waals surface area contributed by atoms with Crippen molar-refractivity contribution >= 4 is 30.1 Å². The second kappa shape index (κ2) is 12.3. The lowest BCUT2D eigenvalue weighted by Crippen LogP contribution is -2.30. The molecule has 230 valence electrons. The predicted molar refractivity (Wildman–Crippen MR) is 175 cm³/mol. The number of halogens is 1. The molecule has 1 saturated heterocycles. The van der Waals surface area contributed by atoms with E-state index >= 15 is 4.39 Å². The number of carbonyl (C=O) groups excluding carboxylic acids is 1. The number of hydrogen-bond donors (Lipinski definition) is 2. The number of hydrogen-bond acceptors (Lipinski definition) is 5. The van der Waals surface area contributed by atoms with Crippen LogP contribution in [0, 0.1) is 5.82 Å². The van der Waals surface area contributed by atoms with Crippen LogP contribution in [0.3, 0.4) is 0 Å². The first kappa shape index (κ1) is 30.2. The predicted octanol–water partition coefficient (Wildman–Crippen LogP) is 6.51. The minimum atomic E-state index is -2.34. The van der Waals surface area contributed by atoms with E-state index in [2.05, 4.69) is 45.4 Å². The summed E-state index contributed by atoms with van der Waals surface area (Å²) in [6, 6.07) is 17.2. The molecule has 2 aromatic heterocycles. The SMILES string of the molecule is C/C=C(/C)c1ccccc1CCNC(=O)c1cc(C2CC2)n2nc(-c3ccc(N4CC[C@H](NP(C)(C)=O)C4)cc3F)cc2n1. The summed E-state index contributed by atoms with van der Waals surface area (Å²) in [5.74, 6) is -0.284. The van der Waals surface area contributed by atoms with E-state index in [-0.39, 0.29) is 17.8 Å². The van der Waals surface area contributed by atoms with Gasteiger partial charge in [-0.2, -0.15) is 5.10 Å². The first-order valence-corrected chi connectivity index (χ1v) is 18.0. The Labute approximate surface area is 258 Å². The van der Waals surface area contributed by atoms with Gasteiger partial charge in [-0.15, -0.1) is 0 Å². The van der Waals surface area contributed by atoms with Crippen molar-refractivity contribution in [2.24, 2.45) is 0 Å². The van der Waals surface area contributed by atoms with Crippen molar-refractivity contribution < 1.29 is 13.8 Å². The maximum absolute atomic E-state index is 15.5. The highest BCUT2D eigenvalue weighted by molar-refractivity contribution is 7.60. The van der Waals surface area contributed by atoms with Gasteiger partial charge >= 0.3 is 0 Å². The number of aromatic nitrogens is 3. The second-order valence-electron chi connectivity index (χ2n) is 12.4. The summed E-state index contributed by atoms with van der Waals surface area (Å²) in [5, 5.41) is 11.0. The second-order valence-corrected chi connectivity index (χ2v) is 15.3. The molecule has 2 fully saturated rings. The van der Waals surface area contributed by atoms with Crippen molar-refractivity contribution in [1.29, 1.82) is 0 Å². The summed E-state index contributed by atoms with van der Waals surface area (Å²) in [5.41, 5.74) is 7.06. The molecule has 1 atom stereocenters. The molecule has 0 unspecified atom stereocenters. The molecule has 4 aromatic rings. The van der Waals surface area contributed by atoms with E-state index in [1.54, 1.807) is 36.0 Å². The third kappa shape index (κ3) is 6.64. The minimum Gasteiger partial charge on any atom is -0.370 e. The largest absolute Gasteiger partial charge is 0.370 e. The summed E-state index contributed by atoms with van der Waals surface area (Å²) >= 11 is 0. The molecule has 8 nitrogen and oxygen atoms in total. The molecular formula is C34H40FN6O2P. The van der Waals surface area contributed by atoms with Crippen LogP contribution >= 0.6 is 7.29 Å². The molecule has 6 rings (SSSR count). The van der Waals surface area contributed by atoms with Crippen molar-refractivity contribution in [2.75, 3.05) is 37.9 Å². The van der Waals surface area contributed by atoms with E-state index in [1.165, 1.54) is 16.7 Å². The molecule has 10 heteroatoms. The van der Waals surface area contributed by atoms with Gasteiger partial charge in [0.2, 0.25) is 0 Å². The molecule has 2 aromatic carbocycles. The van der Waals surface area contributed by atoms with Gasteiger partial charge in [0.1, 0.15) is 18.8 Å². The summed E-state index contributed by atoms with van der Waals surface area (Å²) in [4.78, 5) is 20.0. The van der Waals surface area contributed by atoms with Crippen molar-refractivity contribution in [3.63, 3.8) is 0 Å². The van der Waals surface area contributed by atoms with E-state index in [9.17, 15) is 9.36 Å². The Morgan fingerprint density at radius 1 is 1.11 bits per heavy atom. The van der Waals surface area contributed by atoms with E-state index < -0.39 is 7.29 Å². The van der Waals surface area contributed by atoms with Crippen LogP contribution < -0.4 is 15.3 Å². The molecule has 1 aliphatic heterocycles. The highest BCUT2D eigenvalue weighted by Crippen LogP contribution is 2.41. The first-order valence-electron chi connectivity index (χ1n) is 15.4. The third-order valence-electron chi connectivity index (χ3n) is 8.51. The number of fused-ring (bicyclic) bond motifs is 1. The molecule has 0 spiro atoms. The maximum atomic E-state index is 15.5. The number of nitrogens with one attached hydrogen (secondary N) is 2. The summed E-state index contributed by atoms with van der Waals surface area (Å²) in [7, 11) is -2.34. The fourth-order valence-electron chi connectivity index (χ4n) is 6.04. The van der Waals surface area contributed by atoms with Crippen LogP contribution in [0.2, 0.25) is 0 Å². The van der Waals surface area contributed by atoms with Crippen LogP contribution in [0.5, 0.6) is 0 Å². The van der Waals surface area contributed by atoms with Crippen LogP contribution in [-0.2, 0) is 11.0 Å². The number of nitrogens with zero attached hydrogens (tertiary/aromatic N) is 4. The first-order chi connectivity index (χ1) is 21.1. The van der Waals surface area contributed by atoms with Crippen molar-refractivity contribution in [2.45, 2.75) is 51.5 Å². The van der Waals surface area contributed by atoms with Crippen LogP contribution in [-0.4, -0.2) is 59.5 Å². The number of benzene rings is 2. The van der Waals surface area contributed by atoms with E-state index in [4.69, 9.17) is 5.10 Å².